The molecule has 1 unspecified atom stereocenters. The third kappa shape index (κ3) is 4.77. The topological polar surface area (TPSA) is 52.6 Å². The lowest BCUT2D eigenvalue weighted by Gasteiger charge is -2.27. The lowest BCUT2D eigenvalue weighted by Crippen LogP contribution is -2.40. The van der Waals surface area contributed by atoms with Gasteiger partial charge in [0, 0.05) is 12.0 Å². The molecule has 0 aromatic heterocycles. The molecule has 0 aliphatic rings. The Morgan fingerprint density at radius 3 is 1.89 bits per heavy atom. The van der Waals surface area contributed by atoms with E-state index < -0.39 is 23.1 Å². The first-order chi connectivity index (χ1) is 8.06. The van der Waals surface area contributed by atoms with E-state index in [-0.39, 0.29) is 5.78 Å². The van der Waals surface area contributed by atoms with Gasteiger partial charge < -0.3 is 9.47 Å². The molecule has 0 aliphatic carbocycles. The second-order valence-electron chi connectivity index (χ2n) is 6.04. The monoisotopic (exact) mass is 258 g/mol. The average Bonchev–Trinajstić information content (AvgIpc) is 2.26. The third-order valence-corrected chi connectivity index (χ3v) is 2.92. The Balaban J connectivity index is 4.85. The number of carbonyl (C=O) groups excluding carboxylic acids is 2. The molecule has 0 bridgehead atoms. The van der Waals surface area contributed by atoms with Crippen molar-refractivity contribution in [2.24, 2.45) is 10.8 Å². The highest BCUT2D eigenvalue weighted by molar-refractivity contribution is 5.89. The highest BCUT2D eigenvalue weighted by Crippen LogP contribution is 2.25. The Kier molecular flexibility index (Phi) is 6.00. The van der Waals surface area contributed by atoms with E-state index in [2.05, 4.69) is 0 Å². The van der Waals surface area contributed by atoms with Gasteiger partial charge in [-0.1, -0.05) is 27.7 Å². The van der Waals surface area contributed by atoms with Gasteiger partial charge in [-0.2, -0.15) is 0 Å². The molecule has 0 fully saturated rings. The number of hydrogen-bond donors (Lipinski definition) is 0. The minimum absolute atomic E-state index is 0.218. The molecular weight excluding hydrogens is 232 g/mol. The van der Waals surface area contributed by atoms with Crippen molar-refractivity contribution in [2.45, 2.75) is 61.2 Å². The van der Waals surface area contributed by atoms with Crippen LogP contribution in [-0.2, 0) is 19.1 Å². The van der Waals surface area contributed by atoms with Gasteiger partial charge in [0.25, 0.3) is 6.29 Å². The van der Waals surface area contributed by atoms with Gasteiger partial charge in [0.15, 0.2) is 0 Å². The molecule has 0 saturated carbocycles. The van der Waals surface area contributed by atoms with Crippen molar-refractivity contribution in [2.75, 3.05) is 6.61 Å². The van der Waals surface area contributed by atoms with Crippen LogP contribution in [0.3, 0.4) is 0 Å². The maximum absolute atomic E-state index is 12.1. The van der Waals surface area contributed by atoms with E-state index in [9.17, 15) is 9.59 Å². The van der Waals surface area contributed by atoms with Crippen molar-refractivity contribution >= 4 is 11.8 Å². The van der Waals surface area contributed by atoms with Crippen LogP contribution in [0.25, 0.3) is 0 Å². The largest absolute Gasteiger partial charge is 0.428 e. The van der Waals surface area contributed by atoms with Crippen LogP contribution in [0.15, 0.2) is 0 Å². The first kappa shape index (κ1) is 17.1. The van der Waals surface area contributed by atoms with Crippen molar-refractivity contribution in [3.05, 3.63) is 0 Å². The van der Waals surface area contributed by atoms with E-state index in [4.69, 9.17) is 9.47 Å². The fourth-order valence-corrected chi connectivity index (χ4v) is 1.07. The molecule has 0 heterocycles. The summed E-state index contributed by atoms with van der Waals surface area (Å²) in [6, 6.07) is 0. The quantitative estimate of drug-likeness (QED) is 0.543. The lowest BCUT2D eigenvalue weighted by atomic mass is 9.89. The van der Waals surface area contributed by atoms with Crippen LogP contribution in [0.4, 0.5) is 0 Å². The number of ketones is 1. The predicted molar refractivity (Wildman–Crippen MR) is 70.0 cm³/mol. The highest BCUT2D eigenvalue weighted by atomic mass is 16.7. The van der Waals surface area contributed by atoms with E-state index in [0.717, 1.165) is 0 Å². The molecule has 0 amide bonds. The van der Waals surface area contributed by atoms with Crippen LogP contribution >= 0.6 is 0 Å². The van der Waals surface area contributed by atoms with E-state index in [1.807, 2.05) is 6.92 Å². The van der Waals surface area contributed by atoms with Gasteiger partial charge in [0.1, 0.15) is 0 Å². The molecule has 0 rings (SSSR count). The molecule has 4 heteroatoms. The third-order valence-electron chi connectivity index (χ3n) is 2.92. The van der Waals surface area contributed by atoms with Crippen LogP contribution in [0, 0.1) is 10.8 Å². The van der Waals surface area contributed by atoms with Crippen molar-refractivity contribution < 1.29 is 19.1 Å². The average molecular weight is 258 g/mol. The van der Waals surface area contributed by atoms with Gasteiger partial charge in [0.05, 0.1) is 5.41 Å². The number of Topliss-reactive ketones (excluding diaryl/α,β-unsaturated/α-hetero) is 1. The summed E-state index contributed by atoms with van der Waals surface area (Å²) >= 11 is 0. The molecule has 0 aromatic carbocycles. The zero-order chi connectivity index (χ0) is 14.6. The summed E-state index contributed by atoms with van der Waals surface area (Å²) in [5.74, 6) is -0.620. The van der Waals surface area contributed by atoms with Crippen LogP contribution in [0.1, 0.15) is 54.9 Å². The Labute approximate surface area is 110 Å². The predicted octanol–water partition coefficient (Wildman–Crippen LogP) is 2.94. The fraction of sp³-hybridized carbons (Fsp3) is 0.857. The lowest BCUT2D eigenvalue weighted by molar-refractivity contribution is -0.195. The normalized spacial score (nSPS) is 14.2. The molecule has 18 heavy (non-hydrogen) atoms. The number of hydrogen-bond acceptors (Lipinski definition) is 4. The second kappa shape index (κ2) is 6.32. The zero-order valence-corrected chi connectivity index (χ0v) is 12.6. The van der Waals surface area contributed by atoms with Crippen LogP contribution < -0.4 is 0 Å². The maximum Gasteiger partial charge on any atom is 0.314 e. The first-order valence-corrected chi connectivity index (χ1v) is 6.43. The van der Waals surface area contributed by atoms with Crippen molar-refractivity contribution in [3.63, 3.8) is 0 Å². The number of rotatable bonds is 6. The summed E-state index contributed by atoms with van der Waals surface area (Å²) in [5.41, 5.74) is -1.20. The maximum atomic E-state index is 12.1. The van der Waals surface area contributed by atoms with Crippen LogP contribution in [0.5, 0.6) is 0 Å². The van der Waals surface area contributed by atoms with Gasteiger partial charge in [-0.05, 0) is 27.2 Å². The van der Waals surface area contributed by atoms with Gasteiger partial charge in [-0.25, -0.2) is 0 Å². The van der Waals surface area contributed by atoms with Crippen molar-refractivity contribution in [3.8, 4) is 0 Å². The van der Waals surface area contributed by atoms with E-state index in [1.165, 1.54) is 0 Å². The summed E-state index contributed by atoms with van der Waals surface area (Å²) in [5, 5.41) is 0. The Morgan fingerprint density at radius 2 is 1.56 bits per heavy atom. The van der Waals surface area contributed by atoms with Crippen LogP contribution in [-0.4, -0.2) is 24.6 Å². The molecule has 0 N–H and O–H groups in total. The smallest absolute Gasteiger partial charge is 0.314 e. The number of esters is 1. The zero-order valence-electron chi connectivity index (χ0n) is 12.6. The summed E-state index contributed by atoms with van der Waals surface area (Å²) < 4.78 is 10.5. The standard InChI is InChI=1S/C14H26O4/c1-8-14(6,7)12(16)18-11(17-9-2)10(15)13(3,4)5/h11H,8-9H2,1-7H3. The molecule has 0 aromatic rings. The molecule has 0 spiro atoms. The fourth-order valence-electron chi connectivity index (χ4n) is 1.07. The van der Waals surface area contributed by atoms with Crippen molar-refractivity contribution in [1.29, 1.82) is 0 Å². The molecule has 0 radical (unpaired) electrons. The van der Waals surface area contributed by atoms with Crippen molar-refractivity contribution in [1.82, 2.24) is 0 Å². The van der Waals surface area contributed by atoms with Gasteiger partial charge in [-0.15, -0.1) is 0 Å². The molecule has 106 valence electrons. The van der Waals surface area contributed by atoms with Gasteiger partial charge in [0.2, 0.25) is 5.78 Å². The Morgan fingerprint density at radius 1 is 1.06 bits per heavy atom. The summed E-state index contributed by atoms with van der Waals surface area (Å²) in [7, 11) is 0. The van der Waals surface area contributed by atoms with E-state index in [0.29, 0.717) is 13.0 Å². The second-order valence-corrected chi connectivity index (χ2v) is 6.04. The molecule has 1 atom stereocenters. The first-order valence-electron chi connectivity index (χ1n) is 6.43. The molecular formula is C14H26O4. The van der Waals surface area contributed by atoms with Gasteiger partial charge >= 0.3 is 5.97 Å². The minimum atomic E-state index is -1.10. The van der Waals surface area contributed by atoms with Gasteiger partial charge in [-0.3, -0.25) is 9.59 Å². The molecule has 0 aliphatic heterocycles. The minimum Gasteiger partial charge on any atom is -0.428 e. The SMILES string of the molecule is CCOC(OC(=O)C(C)(C)CC)C(=O)C(C)(C)C. The highest BCUT2D eigenvalue weighted by Gasteiger charge is 2.36. The molecule has 0 saturated heterocycles. The number of carbonyl (C=O) groups is 2. The van der Waals surface area contributed by atoms with E-state index >= 15 is 0 Å². The Bertz CT molecular complexity index is 299. The number of ether oxygens (including phenoxy) is 2. The summed E-state index contributed by atoms with van der Waals surface area (Å²) in [4.78, 5) is 24.1. The summed E-state index contributed by atoms with van der Waals surface area (Å²) in [6.45, 7) is 12.9. The summed E-state index contributed by atoms with van der Waals surface area (Å²) in [6.07, 6.45) is -0.456. The van der Waals surface area contributed by atoms with E-state index in [1.54, 1.807) is 41.5 Å². The molecule has 4 nitrogen and oxygen atoms in total. The Hall–Kier alpha value is -0.900. The van der Waals surface area contributed by atoms with Crippen LogP contribution in [0.2, 0.25) is 0 Å².